The highest BCUT2D eigenvalue weighted by atomic mass is 16.5. The van der Waals surface area contributed by atoms with E-state index in [1.54, 1.807) is 36.4 Å². The van der Waals surface area contributed by atoms with Gasteiger partial charge in [0.15, 0.2) is 0 Å². The third kappa shape index (κ3) is 3.62. The van der Waals surface area contributed by atoms with Crippen LogP contribution in [0.3, 0.4) is 0 Å². The zero-order chi connectivity index (χ0) is 18.6. The van der Waals surface area contributed by atoms with Gasteiger partial charge in [-0.3, -0.25) is 0 Å². The van der Waals surface area contributed by atoms with Gasteiger partial charge in [-0.15, -0.1) is 0 Å². The van der Waals surface area contributed by atoms with Gasteiger partial charge in [0.25, 0.3) is 0 Å². The van der Waals surface area contributed by atoms with E-state index in [9.17, 15) is 10.2 Å². The van der Waals surface area contributed by atoms with Gasteiger partial charge in [-0.25, -0.2) is 0 Å². The maximum absolute atomic E-state index is 10.2. The standard InChI is InChI=1S/C24H18O3/c25-23-13-11-19(15-21(23)17-7-3-1-4-8-17)27-20-12-14-24(26)22(16-20)18-9-5-2-6-10-18/h1-16,25-26H. The van der Waals surface area contributed by atoms with Crippen LogP contribution in [0.5, 0.6) is 23.0 Å². The molecule has 0 aliphatic heterocycles. The average Bonchev–Trinajstić information content (AvgIpc) is 2.72. The molecule has 0 atom stereocenters. The molecule has 132 valence electrons. The third-order valence-electron chi connectivity index (χ3n) is 4.34. The Balaban J connectivity index is 1.67. The van der Waals surface area contributed by atoms with E-state index in [1.165, 1.54) is 0 Å². The molecule has 0 fully saturated rings. The summed E-state index contributed by atoms with van der Waals surface area (Å²) >= 11 is 0. The van der Waals surface area contributed by atoms with Gasteiger partial charge < -0.3 is 14.9 Å². The number of ether oxygens (including phenoxy) is 1. The summed E-state index contributed by atoms with van der Waals surface area (Å²) in [5.74, 6) is 1.61. The number of benzene rings is 4. The van der Waals surface area contributed by atoms with Crippen molar-refractivity contribution in [3.8, 4) is 45.3 Å². The Hall–Kier alpha value is -3.72. The molecule has 27 heavy (non-hydrogen) atoms. The zero-order valence-corrected chi connectivity index (χ0v) is 14.5. The first-order chi connectivity index (χ1) is 13.2. The first-order valence-corrected chi connectivity index (χ1v) is 8.65. The van der Waals surface area contributed by atoms with Crippen LogP contribution >= 0.6 is 0 Å². The topological polar surface area (TPSA) is 49.7 Å². The van der Waals surface area contributed by atoms with Crippen molar-refractivity contribution in [2.24, 2.45) is 0 Å². The number of rotatable bonds is 4. The highest BCUT2D eigenvalue weighted by Gasteiger charge is 2.09. The molecule has 0 saturated heterocycles. The van der Waals surface area contributed by atoms with E-state index >= 15 is 0 Å². The summed E-state index contributed by atoms with van der Waals surface area (Å²) in [6.45, 7) is 0. The van der Waals surface area contributed by atoms with E-state index in [4.69, 9.17) is 4.74 Å². The lowest BCUT2D eigenvalue weighted by Gasteiger charge is -2.12. The van der Waals surface area contributed by atoms with Crippen LogP contribution in [-0.4, -0.2) is 10.2 Å². The van der Waals surface area contributed by atoms with Gasteiger partial charge in [-0.05, 0) is 47.5 Å². The van der Waals surface area contributed by atoms with Crippen molar-refractivity contribution >= 4 is 0 Å². The number of hydrogen-bond donors (Lipinski definition) is 2. The largest absolute Gasteiger partial charge is 0.507 e. The van der Waals surface area contributed by atoms with Crippen molar-refractivity contribution in [2.45, 2.75) is 0 Å². The summed E-state index contributed by atoms with van der Waals surface area (Å²) in [4.78, 5) is 0. The van der Waals surface area contributed by atoms with Gasteiger partial charge in [0.2, 0.25) is 0 Å². The Morgan fingerprint density at radius 1 is 0.481 bits per heavy atom. The van der Waals surface area contributed by atoms with Crippen LogP contribution in [0, 0.1) is 0 Å². The molecule has 4 aromatic carbocycles. The fraction of sp³-hybridized carbons (Fsp3) is 0. The van der Waals surface area contributed by atoms with Gasteiger partial charge in [0, 0.05) is 11.1 Å². The summed E-state index contributed by atoms with van der Waals surface area (Å²) in [7, 11) is 0. The fourth-order valence-corrected chi connectivity index (χ4v) is 2.99. The maximum Gasteiger partial charge on any atom is 0.128 e. The predicted octanol–water partition coefficient (Wildman–Crippen LogP) is 6.22. The molecule has 0 unspecified atom stereocenters. The van der Waals surface area contributed by atoms with E-state index in [0.717, 1.165) is 11.1 Å². The van der Waals surface area contributed by atoms with Crippen LogP contribution in [0.4, 0.5) is 0 Å². The van der Waals surface area contributed by atoms with E-state index in [0.29, 0.717) is 22.6 Å². The molecule has 0 aromatic heterocycles. The minimum atomic E-state index is 0.198. The Morgan fingerprint density at radius 3 is 1.30 bits per heavy atom. The van der Waals surface area contributed by atoms with Gasteiger partial charge in [-0.2, -0.15) is 0 Å². The highest BCUT2D eigenvalue weighted by molar-refractivity contribution is 5.73. The SMILES string of the molecule is Oc1ccc(Oc2ccc(O)c(-c3ccccc3)c2)cc1-c1ccccc1. The molecule has 0 aliphatic rings. The molecule has 3 heteroatoms. The molecular weight excluding hydrogens is 336 g/mol. The first kappa shape index (κ1) is 16.7. The van der Waals surface area contributed by atoms with Crippen LogP contribution in [-0.2, 0) is 0 Å². The Morgan fingerprint density at radius 2 is 0.889 bits per heavy atom. The van der Waals surface area contributed by atoms with Crippen molar-refractivity contribution in [3.05, 3.63) is 97.1 Å². The monoisotopic (exact) mass is 354 g/mol. The highest BCUT2D eigenvalue weighted by Crippen LogP contribution is 2.37. The van der Waals surface area contributed by atoms with Crippen molar-refractivity contribution < 1.29 is 14.9 Å². The van der Waals surface area contributed by atoms with E-state index in [1.807, 2.05) is 60.7 Å². The van der Waals surface area contributed by atoms with Crippen LogP contribution < -0.4 is 4.74 Å². The van der Waals surface area contributed by atoms with Gasteiger partial charge in [-0.1, -0.05) is 60.7 Å². The maximum atomic E-state index is 10.2. The molecule has 2 N–H and O–H groups in total. The van der Waals surface area contributed by atoms with E-state index in [2.05, 4.69) is 0 Å². The molecule has 0 radical (unpaired) electrons. The number of hydrogen-bond acceptors (Lipinski definition) is 3. The van der Waals surface area contributed by atoms with Crippen LogP contribution in [0.2, 0.25) is 0 Å². The minimum Gasteiger partial charge on any atom is -0.507 e. The van der Waals surface area contributed by atoms with Gasteiger partial charge in [0.05, 0.1) is 0 Å². The molecule has 0 aliphatic carbocycles. The lowest BCUT2D eigenvalue weighted by molar-refractivity contribution is 0.461. The molecule has 0 spiro atoms. The zero-order valence-electron chi connectivity index (χ0n) is 14.5. The number of aromatic hydroxyl groups is 2. The summed E-state index contributed by atoms with van der Waals surface area (Å²) in [5, 5.41) is 20.4. The molecule has 3 nitrogen and oxygen atoms in total. The quantitative estimate of drug-likeness (QED) is 0.457. The van der Waals surface area contributed by atoms with E-state index in [-0.39, 0.29) is 11.5 Å². The third-order valence-corrected chi connectivity index (χ3v) is 4.34. The van der Waals surface area contributed by atoms with Gasteiger partial charge >= 0.3 is 0 Å². The van der Waals surface area contributed by atoms with Crippen LogP contribution in [0.15, 0.2) is 97.1 Å². The van der Waals surface area contributed by atoms with Crippen molar-refractivity contribution in [2.75, 3.05) is 0 Å². The molecule has 0 bridgehead atoms. The molecule has 4 aromatic rings. The van der Waals surface area contributed by atoms with Crippen LogP contribution in [0.1, 0.15) is 0 Å². The smallest absolute Gasteiger partial charge is 0.128 e. The Bertz CT molecular complexity index is 970. The molecule has 0 saturated carbocycles. The average molecular weight is 354 g/mol. The second kappa shape index (κ2) is 7.26. The normalized spacial score (nSPS) is 10.5. The molecule has 4 rings (SSSR count). The van der Waals surface area contributed by atoms with E-state index < -0.39 is 0 Å². The van der Waals surface area contributed by atoms with Crippen molar-refractivity contribution in [3.63, 3.8) is 0 Å². The molecule has 0 heterocycles. The Kier molecular flexibility index (Phi) is 4.50. The predicted molar refractivity (Wildman–Crippen MR) is 107 cm³/mol. The fourth-order valence-electron chi connectivity index (χ4n) is 2.99. The Labute approximate surface area is 157 Å². The summed E-state index contributed by atoms with van der Waals surface area (Å²) < 4.78 is 5.99. The summed E-state index contributed by atoms with van der Waals surface area (Å²) in [5.41, 5.74) is 3.23. The molecule has 0 amide bonds. The number of phenols is 2. The minimum absolute atomic E-state index is 0.198. The first-order valence-electron chi connectivity index (χ1n) is 8.65. The summed E-state index contributed by atoms with van der Waals surface area (Å²) in [6.07, 6.45) is 0. The van der Waals surface area contributed by atoms with Crippen LogP contribution in [0.25, 0.3) is 22.3 Å². The lowest BCUT2D eigenvalue weighted by atomic mass is 10.0. The second-order valence-electron chi connectivity index (χ2n) is 6.19. The lowest BCUT2D eigenvalue weighted by Crippen LogP contribution is -1.87. The van der Waals surface area contributed by atoms with Crippen molar-refractivity contribution in [1.82, 2.24) is 0 Å². The second-order valence-corrected chi connectivity index (χ2v) is 6.19. The summed E-state index contributed by atoms with van der Waals surface area (Å²) in [6, 6.07) is 29.6. The van der Waals surface area contributed by atoms with Gasteiger partial charge in [0.1, 0.15) is 23.0 Å². The molecular formula is C24H18O3. The van der Waals surface area contributed by atoms with Crippen molar-refractivity contribution in [1.29, 1.82) is 0 Å². The number of phenolic OH excluding ortho intramolecular Hbond substituents is 2.